The van der Waals surface area contributed by atoms with Gasteiger partial charge < -0.3 is 20.6 Å². The van der Waals surface area contributed by atoms with E-state index in [4.69, 9.17) is 4.99 Å². The van der Waals surface area contributed by atoms with Crippen LogP contribution in [-0.2, 0) is 6.54 Å². The number of aliphatic hydroxyl groups excluding tert-OH is 1. The van der Waals surface area contributed by atoms with Crippen LogP contribution in [0.3, 0.4) is 0 Å². The number of aliphatic hydroxyl groups is 1. The highest BCUT2D eigenvalue weighted by Gasteiger charge is 2.20. The van der Waals surface area contributed by atoms with Crippen molar-refractivity contribution in [1.82, 2.24) is 20.4 Å². The van der Waals surface area contributed by atoms with Crippen molar-refractivity contribution in [2.24, 2.45) is 4.99 Å². The molecular weight excluding hydrogens is 370 g/mol. The molecule has 0 aromatic carbocycles. The first-order valence-electron chi connectivity index (χ1n) is 10.9. The Morgan fingerprint density at radius 3 is 2.61 bits per heavy atom. The van der Waals surface area contributed by atoms with Gasteiger partial charge in [0, 0.05) is 51.9 Å². The first-order chi connectivity index (χ1) is 13.7. The van der Waals surface area contributed by atoms with Crippen LogP contribution >= 0.6 is 11.3 Å². The molecule has 2 aliphatic heterocycles. The molecule has 6 nitrogen and oxygen atoms in total. The van der Waals surface area contributed by atoms with Crippen LogP contribution in [-0.4, -0.2) is 78.8 Å². The quantitative estimate of drug-likeness (QED) is 0.350. The van der Waals surface area contributed by atoms with Crippen LogP contribution in [0, 0.1) is 0 Å². The van der Waals surface area contributed by atoms with Gasteiger partial charge in [-0.3, -0.25) is 9.89 Å². The number of thiophene rings is 1. The second-order valence-electron chi connectivity index (χ2n) is 8.01. The molecule has 3 heterocycles. The van der Waals surface area contributed by atoms with Gasteiger partial charge in [0.1, 0.15) is 0 Å². The SMILES string of the molecule is CCNC(=NCCCN1CCC(O)CC1)NC1CCN(Cc2ccsc2)CC1. The summed E-state index contributed by atoms with van der Waals surface area (Å²) in [4.78, 5) is 9.80. The summed E-state index contributed by atoms with van der Waals surface area (Å²) in [5.41, 5.74) is 1.44. The molecule has 7 heteroatoms. The first kappa shape index (κ1) is 21.6. The molecule has 2 fully saturated rings. The van der Waals surface area contributed by atoms with E-state index < -0.39 is 0 Å². The maximum Gasteiger partial charge on any atom is 0.191 e. The Morgan fingerprint density at radius 1 is 1.18 bits per heavy atom. The minimum absolute atomic E-state index is 0.0875. The Kier molecular flexibility index (Phi) is 9.05. The molecule has 0 radical (unpaired) electrons. The van der Waals surface area contributed by atoms with E-state index in [1.807, 2.05) is 0 Å². The van der Waals surface area contributed by atoms with E-state index in [2.05, 4.69) is 44.2 Å². The zero-order chi connectivity index (χ0) is 19.6. The lowest BCUT2D eigenvalue weighted by Crippen LogP contribution is -2.48. The highest BCUT2D eigenvalue weighted by atomic mass is 32.1. The Balaban J connectivity index is 1.35. The lowest BCUT2D eigenvalue weighted by Gasteiger charge is -2.33. The number of piperidine rings is 2. The molecule has 3 N–H and O–H groups in total. The third kappa shape index (κ3) is 7.35. The van der Waals surface area contributed by atoms with E-state index in [1.54, 1.807) is 11.3 Å². The van der Waals surface area contributed by atoms with E-state index in [1.165, 1.54) is 18.4 Å². The van der Waals surface area contributed by atoms with Gasteiger partial charge in [-0.2, -0.15) is 11.3 Å². The van der Waals surface area contributed by atoms with E-state index in [0.717, 1.165) is 77.6 Å². The second-order valence-corrected chi connectivity index (χ2v) is 8.79. The van der Waals surface area contributed by atoms with Crippen LogP contribution in [0.1, 0.15) is 44.6 Å². The molecular formula is C21H37N5OS. The highest BCUT2D eigenvalue weighted by molar-refractivity contribution is 7.07. The average molecular weight is 408 g/mol. The van der Waals surface area contributed by atoms with Gasteiger partial charge in [0.05, 0.1) is 6.10 Å². The minimum Gasteiger partial charge on any atom is -0.393 e. The van der Waals surface area contributed by atoms with Crippen molar-refractivity contribution in [3.8, 4) is 0 Å². The fourth-order valence-electron chi connectivity index (χ4n) is 4.02. The summed E-state index contributed by atoms with van der Waals surface area (Å²) in [5, 5.41) is 21.1. The maximum absolute atomic E-state index is 9.60. The molecule has 1 aromatic rings. The molecule has 0 amide bonds. The molecule has 0 unspecified atom stereocenters. The number of rotatable bonds is 8. The normalized spacial score (nSPS) is 21.1. The van der Waals surface area contributed by atoms with Crippen molar-refractivity contribution >= 4 is 17.3 Å². The Bertz CT molecular complexity index is 563. The molecule has 0 bridgehead atoms. The predicted molar refractivity (Wildman–Crippen MR) is 118 cm³/mol. The summed E-state index contributed by atoms with van der Waals surface area (Å²) < 4.78 is 0. The first-order valence-corrected chi connectivity index (χ1v) is 11.9. The van der Waals surface area contributed by atoms with E-state index in [-0.39, 0.29) is 6.10 Å². The molecule has 158 valence electrons. The van der Waals surface area contributed by atoms with Gasteiger partial charge >= 0.3 is 0 Å². The van der Waals surface area contributed by atoms with Gasteiger partial charge in [-0.25, -0.2) is 0 Å². The smallest absolute Gasteiger partial charge is 0.191 e. The summed E-state index contributed by atoms with van der Waals surface area (Å²) in [6.07, 6.45) is 5.16. The van der Waals surface area contributed by atoms with Crippen LogP contribution in [0.4, 0.5) is 0 Å². The van der Waals surface area contributed by atoms with Crippen LogP contribution in [0.5, 0.6) is 0 Å². The van der Waals surface area contributed by atoms with Crippen molar-refractivity contribution in [2.75, 3.05) is 45.8 Å². The van der Waals surface area contributed by atoms with Crippen LogP contribution < -0.4 is 10.6 Å². The van der Waals surface area contributed by atoms with E-state index in [0.29, 0.717) is 6.04 Å². The number of hydrogen-bond acceptors (Lipinski definition) is 5. The van der Waals surface area contributed by atoms with E-state index in [9.17, 15) is 5.11 Å². The summed E-state index contributed by atoms with van der Waals surface area (Å²) in [6, 6.07) is 2.75. The zero-order valence-electron chi connectivity index (χ0n) is 17.3. The molecule has 1 aromatic heterocycles. The fourth-order valence-corrected chi connectivity index (χ4v) is 4.68. The number of hydrogen-bond donors (Lipinski definition) is 3. The third-order valence-corrected chi connectivity index (χ3v) is 6.45. The Hall–Kier alpha value is -1.15. The van der Waals surface area contributed by atoms with Crippen molar-refractivity contribution < 1.29 is 5.11 Å². The van der Waals surface area contributed by atoms with Crippen LogP contribution in [0.25, 0.3) is 0 Å². The zero-order valence-corrected chi connectivity index (χ0v) is 18.1. The topological polar surface area (TPSA) is 63.1 Å². The molecule has 0 spiro atoms. The molecule has 2 saturated heterocycles. The molecule has 0 atom stereocenters. The summed E-state index contributed by atoms with van der Waals surface area (Å²) in [5.74, 6) is 0.966. The van der Waals surface area contributed by atoms with Crippen LogP contribution in [0.15, 0.2) is 21.8 Å². The Morgan fingerprint density at radius 2 is 1.93 bits per heavy atom. The molecule has 2 aliphatic rings. The third-order valence-electron chi connectivity index (χ3n) is 5.72. The van der Waals surface area contributed by atoms with Gasteiger partial charge in [-0.1, -0.05) is 0 Å². The summed E-state index contributed by atoms with van der Waals surface area (Å²) >= 11 is 1.78. The van der Waals surface area contributed by atoms with E-state index >= 15 is 0 Å². The molecule has 0 aliphatic carbocycles. The molecule has 0 saturated carbocycles. The highest BCUT2D eigenvalue weighted by Crippen LogP contribution is 2.15. The number of nitrogens with one attached hydrogen (secondary N) is 2. The van der Waals surface area contributed by atoms with Gasteiger partial charge in [0.2, 0.25) is 0 Å². The lowest BCUT2D eigenvalue weighted by atomic mass is 10.0. The summed E-state index contributed by atoms with van der Waals surface area (Å²) in [7, 11) is 0. The van der Waals surface area contributed by atoms with Gasteiger partial charge in [-0.05, 0) is 68.0 Å². The minimum atomic E-state index is -0.0875. The molecule has 3 rings (SSSR count). The number of guanidine groups is 1. The fraction of sp³-hybridized carbons (Fsp3) is 0.762. The second kappa shape index (κ2) is 11.8. The maximum atomic E-state index is 9.60. The summed E-state index contributed by atoms with van der Waals surface area (Å²) in [6.45, 7) is 10.4. The van der Waals surface area contributed by atoms with Gasteiger partial charge in [0.15, 0.2) is 5.96 Å². The standard InChI is InChI=1S/C21H37N5OS/c1-2-22-21(23-9-3-10-25-13-6-20(27)7-14-25)24-19-4-11-26(12-5-19)16-18-8-15-28-17-18/h8,15,17,19-20,27H,2-7,9-14,16H2,1H3,(H2,22,23,24). The number of likely N-dealkylation sites (tertiary alicyclic amines) is 2. The van der Waals surface area contributed by atoms with Gasteiger partial charge in [-0.15, -0.1) is 0 Å². The number of nitrogens with zero attached hydrogens (tertiary/aromatic N) is 3. The monoisotopic (exact) mass is 407 g/mol. The van der Waals surface area contributed by atoms with Crippen molar-refractivity contribution in [1.29, 1.82) is 0 Å². The van der Waals surface area contributed by atoms with Crippen molar-refractivity contribution in [2.45, 2.75) is 57.7 Å². The van der Waals surface area contributed by atoms with Crippen LogP contribution in [0.2, 0.25) is 0 Å². The van der Waals surface area contributed by atoms with Crippen molar-refractivity contribution in [3.63, 3.8) is 0 Å². The lowest BCUT2D eigenvalue weighted by molar-refractivity contribution is 0.0824. The van der Waals surface area contributed by atoms with Gasteiger partial charge in [0.25, 0.3) is 0 Å². The predicted octanol–water partition coefficient (Wildman–Crippen LogP) is 2.11. The number of aliphatic imine (C=N–C) groups is 1. The largest absolute Gasteiger partial charge is 0.393 e. The van der Waals surface area contributed by atoms with Crippen molar-refractivity contribution in [3.05, 3.63) is 22.4 Å². The molecule has 28 heavy (non-hydrogen) atoms. The average Bonchev–Trinajstić information content (AvgIpc) is 3.21. The Labute approximate surface area is 174 Å².